The lowest BCUT2D eigenvalue weighted by Gasteiger charge is -2.25. The van der Waals surface area contributed by atoms with E-state index < -0.39 is 17.7 Å². The third-order valence-electron chi connectivity index (χ3n) is 5.43. The maximum Gasteiger partial charge on any atom is 0.295 e. The predicted molar refractivity (Wildman–Crippen MR) is 130 cm³/mol. The van der Waals surface area contributed by atoms with Gasteiger partial charge in [-0.15, -0.1) is 0 Å². The summed E-state index contributed by atoms with van der Waals surface area (Å²) in [4.78, 5) is 27.5. The zero-order valence-electron chi connectivity index (χ0n) is 20.2. The summed E-state index contributed by atoms with van der Waals surface area (Å²) in [5, 5.41) is 11.2. The first-order chi connectivity index (χ1) is 16.4. The number of aliphatic hydroxyl groups excluding tert-OH is 1. The Morgan fingerprint density at radius 2 is 1.76 bits per heavy atom. The zero-order valence-corrected chi connectivity index (χ0v) is 20.2. The lowest BCUT2D eigenvalue weighted by molar-refractivity contribution is -0.140. The standard InChI is InChI=1S/C27H33NO6/c1-5-14-33-21-11-9-19(10-12-21)25(29)23-24(28(13-15-32-4)27(31)26(23)30)20-7-6-8-22(16-20)34-17-18(2)3/h6-12,16,18,24,29H,5,13-15,17H2,1-4H3/b25-23-. The van der Waals surface area contributed by atoms with Gasteiger partial charge in [-0.3, -0.25) is 9.59 Å². The van der Waals surface area contributed by atoms with Gasteiger partial charge in [-0.2, -0.15) is 0 Å². The number of amides is 1. The molecule has 1 N–H and O–H groups in total. The van der Waals surface area contributed by atoms with E-state index in [1.54, 1.807) is 24.3 Å². The van der Waals surface area contributed by atoms with E-state index in [-0.39, 0.29) is 24.5 Å². The minimum Gasteiger partial charge on any atom is -0.507 e. The fourth-order valence-corrected chi connectivity index (χ4v) is 3.77. The van der Waals surface area contributed by atoms with Gasteiger partial charge in [-0.05, 0) is 54.3 Å². The topological polar surface area (TPSA) is 85.3 Å². The Kier molecular flexibility index (Phi) is 8.71. The van der Waals surface area contributed by atoms with Gasteiger partial charge < -0.3 is 24.2 Å². The first kappa shape index (κ1) is 25.3. The van der Waals surface area contributed by atoms with Crippen molar-refractivity contribution in [2.24, 2.45) is 5.92 Å². The Bertz CT molecular complexity index is 1030. The van der Waals surface area contributed by atoms with Crippen molar-refractivity contribution in [2.45, 2.75) is 33.2 Å². The van der Waals surface area contributed by atoms with E-state index >= 15 is 0 Å². The van der Waals surface area contributed by atoms with Crippen LogP contribution in [0.25, 0.3) is 5.76 Å². The Morgan fingerprint density at radius 3 is 2.41 bits per heavy atom. The van der Waals surface area contributed by atoms with Gasteiger partial charge in [0.15, 0.2) is 0 Å². The fourth-order valence-electron chi connectivity index (χ4n) is 3.77. The van der Waals surface area contributed by atoms with E-state index in [4.69, 9.17) is 14.2 Å². The number of hydrogen-bond acceptors (Lipinski definition) is 6. The van der Waals surface area contributed by atoms with Crippen molar-refractivity contribution in [2.75, 3.05) is 33.5 Å². The van der Waals surface area contributed by atoms with Crippen molar-refractivity contribution in [3.63, 3.8) is 0 Å². The number of ketones is 1. The molecule has 0 aromatic heterocycles. The molecule has 1 saturated heterocycles. The Morgan fingerprint density at radius 1 is 1.03 bits per heavy atom. The van der Waals surface area contributed by atoms with Gasteiger partial charge in [0.2, 0.25) is 0 Å². The number of ether oxygens (including phenoxy) is 3. The number of carbonyl (C=O) groups is 2. The van der Waals surface area contributed by atoms with Crippen LogP contribution < -0.4 is 9.47 Å². The van der Waals surface area contributed by atoms with Crippen LogP contribution in [0.3, 0.4) is 0 Å². The van der Waals surface area contributed by atoms with E-state index in [2.05, 4.69) is 13.8 Å². The third-order valence-corrected chi connectivity index (χ3v) is 5.43. The number of hydrogen-bond donors (Lipinski definition) is 1. The van der Waals surface area contributed by atoms with Gasteiger partial charge in [-0.25, -0.2) is 0 Å². The summed E-state index contributed by atoms with van der Waals surface area (Å²) in [6.45, 7) is 7.74. The number of carbonyl (C=O) groups excluding carboxylic acids is 2. The van der Waals surface area contributed by atoms with E-state index in [0.29, 0.717) is 41.8 Å². The smallest absolute Gasteiger partial charge is 0.295 e. The summed E-state index contributed by atoms with van der Waals surface area (Å²) in [6.07, 6.45) is 0.882. The Balaban J connectivity index is 2.04. The summed E-state index contributed by atoms with van der Waals surface area (Å²) in [6, 6.07) is 13.4. The van der Waals surface area contributed by atoms with Crippen LogP contribution in [0.4, 0.5) is 0 Å². The summed E-state index contributed by atoms with van der Waals surface area (Å²) in [5.74, 6) is 0.0453. The average Bonchev–Trinajstić information content (AvgIpc) is 3.09. The quantitative estimate of drug-likeness (QED) is 0.296. The van der Waals surface area contributed by atoms with Crippen molar-refractivity contribution >= 4 is 17.4 Å². The van der Waals surface area contributed by atoms with E-state index in [1.165, 1.54) is 12.0 Å². The highest BCUT2D eigenvalue weighted by Crippen LogP contribution is 2.40. The third kappa shape index (κ3) is 5.78. The van der Waals surface area contributed by atoms with E-state index in [9.17, 15) is 14.7 Å². The largest absolute Gasteiger partial charge is 0.507 e. The molecule has 0 aliphatic carbocycles. The molecule has 1 fully saturated rings. The fraction of sp³-hybridized carbons (Fsp3) is 0.407. The Labute approximate surface area is 200 Å². The zero-order chi connectivity index (χ0) is 24.7. The summed E-state index contributed by atoms with van der Waals surface area (Å²) >= 11 is 0. The van der Waals surface area contributed by atoms with Crippen LogP contribution in [0.5, 0.6) is 11.5 Å². The molecule has 3 rings (SSSR count). The average molecular weight is 468 g/mol. The molecular formula is C27H33NO6. The highest BCUT2D eigenvalue weighted by Gasteiger charge is 2.46. The van der Waals surface area contributed by atoms with Crippen molar-refractivity contribution in [3.8, 4) is 11.5 Å². The molecule has 0 bridgehead atoms. The second-order valence-corrected chi connectivity index (χ2v) is 8.64. The van der Waals surface area contributed by atoms with Crippen LogP contribution >= 0.6 is 0 Å². The van der Waals surface area contributed by atoms with E-state index in [0.717, 1.165) is 6.42 Å². The molecule has 1 aliphatic heterocycles. The van der Waals surface area contributed by atoms with Gasteiger partial charge in [0.25, 0.3) is 11.7 Å². The number of aliphatic hydroxyl groups is 1. The molecular weight excluding hydrogens is 434 g/mol. The highest BCUT2D eigenvalue weighted by molar-refractivity contribution is 6.46. The van der Waals surface area contributed by atoms with Gasteiger partial charge in [0.05, 0.1) is 31.4 Å². The molecule has 0 spiro atoms. The molecule has 1 amide bonds. The minimum atomic E-state index is -0.756. The normalized spacial score (nSPS) is 17.4. The maximum atomic E-state index is 13.1. The molecule has 2 aromatic carbocycles. The van der Waals surface area contributed by atoms with Gasteiger partial charge >= 0.3 is 0 Å². The predicted octanol–water partition coefficient (Wildman–Crippen LogP) is 4.58. The molecule has 7 nitrogen and oxygen atoms in total. The first-order valence-corrected chi connectivity index (χ1v) is 11.6. The van der Waals surface area contributed by atoms with Gasteiger partial charge in [-0.1, -0.05) is 32.9 Å². The molecule has 1 aliphatic rings. The highest BCUT2D eigenvalue weighted by atomic mass is 16.5. The molecule has 0 saturated carbocycles. The number of rotatable bonds is 11. The van der Waals surface area contributed by atoms with Crippen molar-refractivity contribution in [3.05, 3.63) is 65.2 Å². The molecule has 1 atom stereocenters. The Hall–Kier alpha value is -3.32. The molecule has 7 heteroatoms. The van der Waals surface area contributed by atoms with Crippen LogP contribution in [0.2, 0.25) is 0 Å². The van der Waals surface area contributed by atoms with Crippen molar-refractivity contribution in [1.82, 2.24) is 4.90 Å². The second kappa shape index (κ2) is 11.7. The molecule has 182 valence electrons. The summed E-state index contributed by atoms with van der Waals surface area (Å²) in [7, 11) is 1.54. The number of nitrogens with zero attached hydrogens (tertiary/aromatic N) is 1. The number of likely N-dealkylation sites (tertiary alicyclic amines) is 1. The number of Topliss-reactive ketones (excluding diaryl/α,β-unsaturated/α-hetero) is 1. The molecule has 0 radical (unpaired) electrons. The van der Waals surface area contributed by atoms with Crippen molar-refractivity contribution < 1.29 is 28.9 Å². The first-order valence-electron chi connectivity index (χ1n) is 11.6. The second-order valence-electron chi connectivity index (χ2n) is 8.64. The van der Waals surface area contributed by atoms with Crippen LogP contribution in [-0.4, -0.2) is 55.2 Å². The summed E-state index contributed by atoms with van der Waals surface area (Å²) < 4.78 is 16.6. The van der Waals surface area contributed by atoms with Crippen LogP contribution in [0, 0.1) is 5.92 Å². The number of benzene rings is 2. The maximum absolute atomic E-state index is 13.1. The minimum absolute atomic E-state index is 0.0457. The van der Waals surface area contributed by atoms with Gasteiger partial charge in [0.1, 0.15) is 17.3 Å². The molecule has 1 unspecified atom stereocenters. The van der Waals surface area contributed by atoms with Crippen LogP contribution in [0.15, 0.2) is 54.1 Å². The summed E-state index contributed by atoms with van der Waals surface area (Å²) in [5.41, 5.74) is 1.16. The number of methoxy groups -OCH3 is 1. The van der Waals surface area contributed by atoms with Gasteiger partial charge in [0, 0.05) is 19.2 Å². The lowest BCUT2D eigenvalue weighted by atomic mass is 9.95. The lowest BCUT2D eigenvalue weighted by Crippen LogP contribution is -2.32. The van der Waals surface area contributed by atoms with Crippen LogP contribution in [0.1, 0.15) is 44.4 Å². The van der Waals surface area contributed by atoms with E-state index in [1.807, 2.05) is 31.2 Å². The SMILES string of the molecule is CCCOc1ccc(/C(O)=C2/C(=O)C(=O)N(CCOC)C2c2cccc(OCC(C)C)c2)cc1. The van der Waals surface area contributed by atoms with Crippen LogP contribution in [-0.2, 0) is 14.3 Å². The molecule has 1 heterocycles. The molecule has 2 aromatic rings. The molecule has 34 heavy (non-hydrogen) atoms. The van der Waals surface area contributed by atoms with Crippen molar-refractivity contribution in [1.29, 1.82) is 0 Å². The monoisotopic (exact) mass is 467 g/mol.